The van der Waals surface area contributed by atoms with Crippen LogP contribution >= 0.6 is 23.4 Å². The second-order valence-corrected chi connectivity index (χ2v) is 8.08. The molecule has 3 rings (SSSR count). The Morgan fingerprint density at radius 3 is 2.68 bits per heavy atom. The summed E-state index contributed by atoms with van der Waals surface area (Å²) in [5.41, 5.74) is 6.36. The van der Waals surface area contributed by atoms with E-state index in [2.05, 4.69) is 0 Å². The van der Waals surface area contributed by atoms with Gasteiger partial charge in [-0.05, 0) is 24.6 Å². The highest BCUT2D eigenvalue weighted by atomic mass is 35.5. The molecule has 1 amide bonds. The van der Waals surface area contributed by atoms with Crippen molar-refractivity contribution in [1.29, 1.82) is 0 Å². The molecule has 0 saturated carbocycles. The van der Waals surface area contributed by atoms with Crippen LogP contribution in [-0.2, 0) is 20.9 Å². The van der Waals surface area contributed by atoms with E-state index in [0.29, 0.717) is 5.56 Å². The average Bonchev–Trinajstić information content (AvgIpc) is 2.90. The maximum Gasteiger partial charge on any atom is 0.330 e. The van der Waals surface area contributed by atoms with Gasteiger partial charge in [0.15, 0.2) is 0 Å². The number of nitrogens with zero attached hydrogens (tertiary/aromatic N) is 2. The molecule has 0 spiro atoms. The van der Waals surface area contributed by atoms with Crippen LogP contribution in [-0.4, -0.2) is 49.8 Å². The Balaban J connectivity index is 1.69. The van der Waals surface area contributed by atoms with Gasteiger partial charge >= 0.3 is 5.97 Å². The third kappa shape index (κ3) is 2.96. The number of hydrogen-bond donors (Lipinski definition) is 1. The Kier molecular flexibility index (Phi) is 4.65. The second-order valence-electron chi connectivity index (χ2n) is 6.16. The normalized spacial score (nSPS) is 30.6. The lowest BCUT2D eigenvalue weighted by Gasteiger charge is -2.42. The number of thioether (sulfide) groups is 1. The van der Waals surface area contributed by atoms with Crippen molar-refractivity contribution < 1.29 is 19.2 Å². The lowest BCUT2D eigenvalue weighted by Crippen LogP contribution is -2.69. The summed E-state index contributed by atoms with van der Waals surface area (Å²) in [6.45, 7) is 1.76. The zero-order valence-corrected chi connectivity index (χ0v) is 14.8. The Morgan fingerprint density at radius 2 is 2.12 bits per heavy atom. The van der Waals surface area contributed by atoms with Gasteiger partial charge in [-0.2, -0.15) is 0 Å². The van der Waals surface area contributed by atoms with Crippen molar-refractivity contribution in [2.45, 2.75) is 35.7 Å². The minimum Gasteiger partial charge on any atom is -0.459 e. The molecule has 2 saturated heterocycles. The van der Waals surface area contributed by atoms with Gasteiger partial charge in [0.25, 0.3) is 5.69 Å². The standard InChI is InChI=1S/C15H16ClN3O5S/c1-15(7-16)11(18-12(20)10(17)13(18)25-15)14(21)24-6-8-2-4-9(5-3-8)19(22)23/h2-5,10-11,13H,6-7,17H2,1H3/t10?,11?,13-,15-/m0/s1. The summed E-state index contributed by atoms with van der Waals surface area (Å²) >= 11 is 7.44. The summed E-state index contributed by atoms with van der Waals surface area (Å²) < 4.78 is 4.65. The molecule has 1 aromatic carbocycles. The van der Waals surface area contributed by atoms with Crippen LogP contribution in [0.3, 0.4) is 0 Å². The first kappa shape index (κ1) is 18.0. The van der Waals surface area contributed by atoms with Crippen LogP contribution in [0, 0.1) is 10.1 Å². The van der Waals surface area contributed by atoms with Crippen LogP contribution in [0.1, 0.15) is 12.5 Å². The zero-order chi connectivity index (χ0) is 18.4. The van der Waals surface area contributed by atoms with Crippen LogP contribution in [0.5, 0.6) is 0 Å². The number of hydrogen-bond acceptors (Lipinski definition) is 7. The first-order valence-corrected chi connectivity index (χ1v) is 8.91. The Labute approximate surface area is 152 Å². The van der Waals surface area contributed by atoms with Gasteiger partial charge in [0.2, 0.25) is 5.91 Å². The molecule has 1 aromatic rings. The topological polar surface area (TPSA) is 116 Å². The molecule has 2 aliphatic rings. The monoisotopic (exact) mass is 385 g/mol. The number of fused-ring (bicyclic) bond motifs is 1. The molecule has 2 heterocycles. The molecular weight excluding hydrogens is 370 g/mol. The molecule has 4 atom stereocenters. The smallest absolute Gasteiger partial charge is 0.330 e. The van der Waals surface area contributed by atoms with Gasteiger partial charge in [-0.3, -0.25) is 14.9 Å². The van der Waals surface area contributed by atoms with Crippen molar-refractivity contribution in [2.24, 2.45) is 5.73 Å². The maximum absolute atomic E-state index is 12.6. The van der Waals surface area contributed by atoms with Crippen molar-refractivity contribution in [3.63, 3.8) is 0 Å². The van der Waals surface area contributed by atoms with Gasteiger partial charge in [0, 0.05) is 18.0 Å². The van der Waals surface area contributed by atoms with Crippen molar-refractivity contribution in [3.8, 4) is 0 Å². The number of carbonyl (C=O) groups excluding carboxylic acids is 2. The highest BCUT2D eigenvalue weighted by molar-refractivity contribution is 8.01. The fourth-order valence-corrected chi connectivity index (χ4v) is 4.85. The number of nitrogens with two attached hydrogens (primary N) is 1. The molecule has 2 N–H and O–H groups in total. The fourth-order valence-electron chi connectivity index (χ4n) is 2.96. The highest BCUT2D eigenvalue weighted by Gasteiger charge is 2.64. The van der Waals surface area contributed by atoms with Crippen LogP contribution in [0.4, 0.5) is 5.69 Å². The Morgan fingerprint density at radius 1 is 1.48 bits per heavy atom. The average molecular weight is 386 g/mol. The third-order valence-electron chi connectivity index (χ3n) is 4.38. The first-order valence-electron chi connectivity index (χ1n) is 7.50. The van der Waals surface area contributed by atoms with E-state index in [1.165, 1.54) is 40.9 Å². The number of halogens is 1. The number of nitro benzene ring substituents is 1. The van der Waals surface area contributed by atoms with E-state index >= 15 is 0 Å². The molecule has 2 fully saturated rings. The molecule has 0 radical (unpaired) electrons. The molecule has 8 nitrogen and oxygen atoms in total. The van der Waals surface area contributed by atoms with Crippen LogP contribution in [0.15, 0.2) is 24.3 Å². The number of amides is 1. The molecular formula is C15H16ClN3O5S. The lowest BCUT2D eigenvalue weighted by molar-refractivity contribution is -0.384. The third-order valence-corrected chi connectivity index (χ3v) is 6.77. The number of ether oxygens (including phenoxy) is 1. The van der Waals surface area contributed by atoms with Crippen molar-refractivity contribution in [1.82, 2.24) is 4.90 Å². The number of β-lactam (4-membered cyclic amide) rings is 1. The number of carbonyl (C=O) groups is 2. The van der Waals surface area contributed by atoms with Gasteiger partial charge in [-0.15, -0.1) is 23.4 Å². The first-order chi connectivity index (χ1) is 11.8. The predicted molar refractivity (Wildman–Crippen MR) is 92.0 cm³/mol. The van der Waals surface area contributed by atoms with Crippen LogP contribution in [0.25, 0.3) is 0 Å². The SMILES string of the molecule is C[C@@]1(CCl)S[C@H]2C(N)C(=O)N2C1C(=O)OCc1ccc([N+](=O)[O-])cc1. The lowest BCUT2D eigenvalue weighted by atomic mass is 9.96. The number of benzene rings is 1. The van der Waals surface area contributed by atoms with Gasteiger partial charge in [0.1, 0.15) is 24.1 Å². The van der Waals surface area contributed by atoms with E-state index in [9.17, 15) is 19.7 Å². The minimum atomic E-state index is -0.801. The van der Waals surface area contributed by atoms with Gasteiger partial charge in [0.05, 0.1) is 9.67 Å². The molecule has 2 unspecified atom stereocenters. The number of esters is 1. The number of nitro groups is 1. The second kappa shape index (κ2) is 6.47. The van der Waals surface area contributed by atoms with E-state index < -0.39 is 27.7 Å². The molecule has 25 heavy (non-hydrogen) atoms. The van der Waals surface area contributed by atoms with E-state index in [1.807, 2.05) is 0 Å². The zero-order valence-electron chi connectivity index (χ0n) is 13.3. The summed E-state index contributed by atoms with van der Waals surface area (Å²) in [4.78, 5) is 36.2. The molecule has 0 bridgehead atoms. The molecule has 134 valence electrons. The predicted octanol–water partition coefficient (Wildman–Crippen LogP) is 1.25. The number of alkyl halides is 1. The summed E-state index contributed by atoms with van der Waals surface area (Å²) in [5.74, 6) is -0.678. The van der Waals surface area contributed by atoms with Gasteiger partial charge in [-0.1, -0.05) is 0 Å². The summed E-state index contributed by atoms with van der Waals surface area (Å²) in [6.07, 6.45) is 0. The summed E-state index contributed by atoms with van der Waals surface area (Å²) in [6, 6.07) is 4.29. The van der Waals surface area contributed by atoms with Crippen LogP contribution < -0.4 is 5.73 Å². The highest BCUT2D eigenvalue weighted by Crippen LogP contribution is 2.51. The molecule has 2 aliphatic heterocycles. The van der Waals surface area contributed by atoms with E-state index in [-0.39, 0.29) is 29.5 Å². The van der Waals surface area contributed by atoms with Crippen LogP contribution in [0.2, 0.25) is 0 Å². The quantitative estimate of drug-likeness (QED) is 0.266. The minimum absolute atomic E-state index is 0.0417. The van der Waals surface area contributed by atoms with Gasteiger partial charge in [-0.25, -0.2) is 4.79 Å². The summed E-state index contributed by atoms with van der Waals surface area (Å²) in [5, 5.41) is 10.4. The largest absolute Gasteiger partial charge is 0.459 e. The summed E-state index contributed by atoms with van der Waals surface area (Å²) in [7, 11) is 0. The Hall–Kier alpha value is -1.84. The number of rotatable bonds is 5. The van der Waals surface area contributed by atoms with Crippen molar-refractivity contribution in [2.75, 3.05) is 5.88 Å². The number of non-ortho nitro benzene ring substituents is 1. The van der Waals surface area contributed by atoms with Crippen molar-refractivity contribution in [3.05, 3.63) is 39.9 Å². The molecule has 0 aromatic heterocycles. The van der Waals surface area contributed by atoms with E-state index in [4.69, 9.17) is 22.1 Å². The Bertz CT molecular complexity index is 730. The fraction of sp³-hybridized carbons (Fsp3) is 0.467. The van der Waals surface area contributed by atoms with Crippen molar-refractivity contribution >= 4 is 40.9 Å². The molecule has 0 aliphatic carbocycles. The van der Waals surface area contributed by atoms with E-state index in [0.717, 1.165) is 0 Å². The maximum atomic E-state index is 12.6. The van der Waals surface area contributed by atoms with E-state index in [1.54, 1.807) is 6.92 Å². The molecule has 10 heteroatoms. The van der Waals surface area contributed by atoms with Gasteiger partial charge < -0.3 is 15.4 Å².